The predicted molar refractivity (Wildman–Crippen MR) is 376 cm³/mol. The first-order valence-corrected chi connectivity index (χ1v) is 38.1. The summed E-state index contributed by atoms with van der Waals surface area (Å²) in [5.41, 5.74) is 9.95. The molecule has 0 spiro atoms. The van der Waals surface area contributed by atoms with Gasteiger partial charge in [-0.05, 0) is 85.6 Å². The van der Waals surface area contributed by atoms with Crippen molar-refractivity contribution in [2.75, 3.05) is 104 Å². The smallest absolute Gasteiger partial charge is 0.244 e. The number of rotatable bonds is 16. The van der Waals surface area contributed by atoms with Crippen LogP contribution in [-0.4, -0.2) is 209 Å². The molecule has 4 saturated heterocycles. The summed E-state index contributed by atoms with van der Waals surface area (Å²) in [4.78, 5) is 62.6. The number of imidazole rings is 3. The molecule has 13 rings (SSSR count). The molecule has 0 bridgehead atoms. The molecule has 23 nitrogen and oxygen atoms in total. The van der Waals surface area contributed by atoms with Gasteiger partial charge in [0.25, 0.3) is 0 Å². The molecule has 0 atom stereocenters. The molecule has 0 saturated carbocycles. The van der Waals surface area contributed by atoms with Crippen LogP contribution in [0.5, 0.6) is 0 Å². The highest BCUT2D eigenvalue weighted by molar-refractivity contribution is 7.91. The van der Waals surface area contributed by atoms with E-state index in [0.717, 1.165) is 103 Å². The summed E-state index contributed by atoms with van der Waals surface area (Å²) < 4.78 is 86.3. The first-order chi connectivity index (χ1) is 46.4. The van der Waals surface area contributed by atoms with Gasteiger partial charge in [0.1, 0.15) is 16.9 Å². The zero-order valence-electron chi connectivity index (χ0n) is 54.8. The van der Waals surface area contributed by atoms with Gasteiger partial charge in [-0.25, -0.2) is 44.9 Å². The summed E-state index contributed by atoms with van der Waals surface area (Å²) in [6, 6.07) is 32.6. The molecular formula is C68H79Cl3N14O9S3. The molecule has 4 aliphatic heterocycles. The number of sulfonamides is 2. The number of piperazine rings is 3. The van der Waals surface area contributed by atoms with Crippen LogP contribution in [0, 0.1) is 0 Å². The second-order valence-electron chi connectivity index (χ2n) is 24.4. The number of hydrogen-bond acceptors (Lipinski definition) is 15. The molecule has 0 radical (unpaired) electrons. The summed E-state index contributed by atoms with van der Waals surface area (Å²) in [7, 11) is -10.5. The van der Waals surface area contributed by atoms with Crippen molar-refractivity contribution in [1.29, 1.82) is 0 Å². The Labute approximate surface area is 581 Å². The van der Waals surface area contributed by atoms with Crippen molar-refractivity contribution in [2.24, 2.45) is 0 Å². The number of pyridine rings is 3. The zero-order chi connectivity index (χ0) is 68.9. The number of halogens is 3. The lowest BCUT2D eigenvalue weighted by Gasteiger charge is -2.34. The van der Waals surface area contributed by atoms with Crippen molar-refractivity contribution in [1.82, 2.24) is 66.6 Å². The minimum absolute atomic E-state index is 0.0413. The Bertz CT molecular complexity index is 4700. The molecule has 29 heteroatoms. The lowest BCUT2D eigenvalue weighted by molar-refractivity contribution is -0.131. The maximum atomic E-state index is 13.2. The molecule has 0 unspecified atom stereocenters. The number of sulfone groups is 1. The normalized spacial score (nSPS) is 16.4. The van der Waals surface area contributed by atoms with Crippen LogP contribution in [0.4, 0.5) is 0 Å². The van der Waals surface area contributed by atoms with Crippen LogP contribution in [0.25, 0.3) is 50.7 Å². The Morgan fingerprint density at radius 3 is 1.04 bits per heavy atom. The molecular weight excluding hydrogens is 1360 g/mol. The van der Waals surface area contributed by atoms with E-state index in [2.05, 4.69) is 19.4 Å². The third-order valence-electron chi connectivity index (χ3n) is 18.1. The third-order valence-corrected chi connectivity index (χ3v) is 24.0. The lowest BCUT2D eigenvalue weighted by atomic mass is 10.1. The molecule has 10 heterocycles. The van der Waals surface area contributed by atoms with Gasteiger partial charge in [-0.3, -0.25) is 29.1 Å². The highest BCUT2D eigenvalue weighted by Gasteiger charge is 2.31. The van der Waals surface area contributed by atoms with E-state index in [0.29, 0.717) is 111 Å². The summed E-state index contributed by atoms with van der Waals surface area (Å²) in [5, 5.41) is 1.93. The molecule has 4 aliphatic rings. The van der Waals surface area contributed by atoms with Crippen LogP contribution in [0.2, 0.25) is 15.1 Å². The number of aromatic nitrogens is 6. The number of amides is 3. The average Bonchev–Trinajstić information content (AvgIpc) is 1.65. The van der Waals surface area contributed by atoms with Crippen molar-refractivity contribution >= 4 is 99.3 Å². The van der Waals surface area contributed by atoms with Crippen molar-refractivity contribution in [2.45, 2.75) is 81.8 Å². The number of benzene rings is 3. The van der Waals surface area contributed by atoms with E-state index in [1.165, 1.54) is 0 Å². The van der Waals surface area contributed by atoms with E-state index in [1.807, 2.05) is 101 Å². The van der Waals surface area contributed by atoms with Crippen molar-refractivity contribution in [3.63, 3.8) is 0 Å². The molecule has 3 amide bonds. The first-order valence-electron chi connectivity index (χ1n) is 32.4. The Morgan fingerprint density at radius 1 is 0.412 bits per heavy atom. The van der Waals surface area contributed by atoms with Crippen LogP contribution in [0.1, 0.15) is 64.5 Å². The number of carbonyl (C=O) groups excluding carboxylic acids is 3. The largest absolute Gasteiger partial charge is 0.340 e. The van der Waals surface area contributed by atoms with Gasteiger partial charge in [0.2, 0.25) is 37.8 Å². The van der Waals surface area contributed by atoms with Gasteiger partial charge in [0.15, 0.2) is 9.84 Å². The predicted octanol–water partition coefficient (Wildman–Crippen LogP) is 8.83. The zero-order valence-corrected chi connectivity index (χ0v) is 59.5. The van der Waals surface area contributed by atoms with Gasteiger partial charge in [-0.1, -0.05) is 85.0 Å². The van der Waals surface area contributed by atoms with Gasteiger partial charge in [-0.2, -0.15) is 4.31 Å². The summed E-state index contributed by atoms with van der Waals surface area (Å²) >= 11 is 18.2. The first kappa shape index (κ1) is 71.0. The second kappa shape index (κ2) is 30.4. The Kier molecular flexibility index (Phi) is 22.3. The van der Waals surface area contributed by atoms with Crippen LogP contribution < -0.4 is 4.72 Å². The molecule has 97 heavy (non-hydrogen) atoms. The molecule has 0 aliphatic carbocycles. The quantitative estimate of drug-likeness (QED) is 0.0950. The fraction of sp³-hybridized carbons (Fsp3) is 0.382. The third kappa shape index (κ3) is 16.4. The van der Waals surface area contributed by atoms with Gasteiger partial charge in [-0.15, -0.1) is 0 Å². The standard InChI is InChI=1S/C24H28ClN5O3S.C22H26ClN5O3S.C22H25ClN4O3S/c1-18(31)28-14-12-27(13-15-28)17-22-24(19-4-6-20(25)7-5-19)26-23-9-8-21(16-30(22)23)34(32,33)29-10-2-3-11-29;1-3-24-32(30,31)19-8-9-21-25-22(17-4-6-18(23)7-5-17)20(28(21)14-19)15-26-10-12-27(13-11-26)16(2)29;1-3-31(29,30)19-8-9-21-24-22(17-4-6-18(23)7-5-17)20(27(21)14-19)15-25-10-12-26(13-11-25)16(2)28/h4-9,16H,2-3,10-15,17H2,1H3;4-9,14,24H,3,10-13,15H2,1-2H3;4-9,14H,3,10-13,15H2,1-2H3. The molecule has 1 N–H and O–H groups in total. The average molecular weight is 1440 g/mol. The van der Waals surface area contributed by atoms with Gasteiger partial charge >= 0.3 is 0 Å². The van der Waals surface area contributed by atoms with E-state index in [4.69, 9.17) is 49.8 Å². The SMILES string of the molecule is CC(=O)N1CCN(Cc2c(-c3ccc(Cl)cc3)nc3ccc(S(=O)(=O)N4CCCC4)cn23)CC1.CCNS(=O)(=O)c1ccc2nc(-c3ccc(Cl)cc3)c(CN3CCN(C(C)=O)CC3)n2c1.CCS(=O)(=O)c1ccc2nc(-c3ccc(Cl)cc3)c(CN3CCN(C(C)=O)CC3)n2c1. The van der Waals surface area contributed by atoms with Crippen molar-refractivity contribution in [3.8, 4) is 33.8 Å². The fourth-order valence-corrected chi connectivity index (χ4v) is 16.3. The number of hydrogen-bond donors (Lipinski definition) is 1. The van der Waals surface area contributed by atoms with Gasteiger partial charge in [0, 0.05) is 189 Å². The maximum Gasteiger partial charge on any atom is 0.244 e. The Hall–Kier alpha value is -7.34. The lowest BCUT2D eigenvalue weighted by Crippen LogP contribution is -2.47. The van der Waals surface area contributed by atoms with Gasteiger partial charge in [0.05, 0.1) is 54.6 Å². The molecule has 9 aromatic rings. The number of fused-ring (bicyclic) bond motifs is 3. The Morgan fingerprint density at radius 2 is 0.722 bits per heavy atom. The van der Waals surface area contributed by atoms with Crippen LogP contribution in [0.15, 0.2) is 142 Å². The fourth-order valence-electron chi connectivity index (χ4n) is 12.5. The maximum absolute atomic E-state index is 13.2. The monoisotopic (exact) mass is 1440 g/mol. The molecule has 514 valence electrons. The summed E-state index contributed by atoms with van der Waals surface area (Å²) in [6.07, 6.45) is 6.79. The van der Waals surface area contributed by atoms with Crippen LogP contribution in [0.3, 0.4) is 0 Å². The number of carbonyl (C=O) groups is 3. The van der Waals surface area contributed by atoms with E-state index in [1.54, 1.807) is 93.9 Å². The number of nitrogens with one attached hydrogen (secondary N) is 1. The molecule has 4 fully saturated rings. The van der Waals surface area contributed by atoms with Crippen molar-refractivity contribution < 1.29 is 39.6 Å². The summed E-state index contributed by atoms with van der Waals surface area (Å²) in [5.74, 6) is 0.304. The highest BCUT2D eigenvalue weighted by atomic mass is 35.5. The minimum atomic E-state index is -3.60. The van der Waals surface area contributed by atoms with Crippen LogP contribution >= 0.6 is 34.8 Å². The summed E-state index contributed by atoms with van der Waals surface area (Å²) in [6.45, 7) is 19.9. The minimum Gasteiger partial charge on any atom is -0.340 e. The van der Waals surface area contributed by atoms with E-state index in [9.17, 15) is 39.6 Å². The van der Waals surface area contributed by atoms with Crippen molar-refractivity contribution in [3.05, 3.63) is 160 Å². The highest BCUT2D eigenvalue weighted by Crippen LogP contribution is 2.33. The molecule has 3 aromatic carbocycles. The number of nitrogens with zero attached hydrogens (tertiary/aromatic N) is 13. The van der Waals surface area contributed by atoms with Gasteiger partial charge < -0.3 is 27.9 Å². The van der Waals surface area contributed by atoms with Crippen LogP contribution in [-0.2, 0) is 63.9 Å². The van der Waals surface area contributed by atoms with E-state index < -0.39 is 29.9 Å². The topological polar surface area (TPSA) is 240 Å². The van der Waals surface area contributed by atoms with E-state index >= 15 is 0 Å². The molecule has 6 aromatic heterocycles. The Balaban J connectivity index is 0.000000148. The second-order valence-corrected chi connectivity index (χ2v) is 31.7. The van der Waals surface area contributed by atoms with E-state index in [-0.39, 0.29) is 38.2 Å².